The fourth-order valence-corrected chi connectivity index (χ4v) is 7.04. The first-order valence-corrected chi connectivity index (χ1v) is 14.9. The molecule has 4 heterocycles. The second kappa shape index (κ2) is 12.6. The van der Waals surface area contributed by atoms with Gasteiger partial charge in [-0.2, -0.15) is 0 Å². The van der Waals surface area contributed by atoms with Crippen LogP contribution >= 0.6 is 0 Å². The zero-order chi connectivity index (χ0) is 28.2. The predicted molar refractivity (Wildman–Crippen MR) is 150 cm³/mol. The molecule has 0 bridgehead atoms. The molecule has 0 saturated carbocycles. The smallest absolute Gasteiger partial charge is 0.249 e. The van der Waals surface area contributed by atoms with Crippen LogP contribution in [0.25, 0.3) is 0 Å². The Bertz CT molecular complexity index is 1080. The number of unbranched alkanes of at least 4 members (excludes halogenated alkanes) is 1. The van der Waals surface area contributed by atoms with Gasteiger partial charge in [0.2, 0.25) is 23.6 Å². The molecule has 0 aromatic carbocycles. The van der Waals surface area contributed by atoms with Gasteiger partial charge >= 0.3 is 0 Å². The first-order valence-electron chi connectivity index (χ1n) is 14.9. The van der Waals surface area contributed by atoms with Crippen LogP contribution in [0.15, 0.2) is 23.8 Å². The number of fused-ring (bicyclic) bond motifs is 1. The monoisotopic (exact) mass is 553 g/mol. The molecule has 218 valence electrons. The molecule has 0 spiro atoms. The fraction of sp³-hybridized carbons (Fsp3) is 0.690. The van der Waals surface area contributed by atoms with Gasteiger partial charge in [-0.05, 0) is 51.5 Å². The summed E-state index contributed by atoms with van der Waals surface area (Å²) in [5.41, 5.74) is 7.01. The number of nitrogens with zero attached hydrogens (tertiary/aromatic N) is 2. The summed E-state index contributed by atoms with van der Waals surface area (Å²) in [4.78, 5) is 53.5. The maximum atomic E-state index is 13.1. The maximum Gasteiger partial charge on any atom is 0.249 e. The Morgan fingerprint density at radius 3 is 2.67 bits per heavy atom. The molecular weight excluding hydrogens is 510 g/mol. The third-order valence-electron chi connectivity index (χ3n) is 9.37. The fourth-order valence-electron chi connectivity index (χ4n) is 7.04. The number of carbonyl (C=O) groups excluding carboxylic acids is 4. The molecule has 11 nitrogen and oxygen atoms in total. The Morgan fingerprint density at radius 1 is 1.12 bits per heavy atom. The van der Waals surface area contributed by atoms with Crippen LogP contribution in [0.4, 0.5) is 0 Å². The van der Waals surface area contributed by atoms with Gasteiger partial charge in [-0.3, -0.25) is 29.9 Å². The van der Waals surface area contributed by atoms with E-state index in [0.29, 0.717) is 25.4 Å². The quantitative estimate of drug-likeness (QED) is 0.120. The first-order chi connectivity index (χ1) is 19.3. The van der Waals surface area contributed by atoms with Crippen molar-refractivity contribution in [1.29, 1.82) is 5.41 Å². The molecule has 40 heavy (non-hydrogen) atoms. The van der Waals surface area contributed by atoms with Crippen molar-refractivity contribution < 1.29 is 19.2 Å². The highest BCUT2D eigenvalue weighted by Crippen LogP contribution is 2.38. The highest BCUT2D eigenvalue weighted by Gasteiger charge is 2.46. The van der Waals surface area contributed by atoms with Crippen molar-refractivity contribution in [2.45, 2.75) is 75.9 Å². The second-order valence-electron chi connectivity index (χ2n) is 11.9. The van der Waals surface area contributed by atoms with Crippen molar-refractivity contribution in [1.82, 2.24) is 25.8 Å². The van der Waals surface area contributed by atoms with Gasteiger partial charge < -0.3 is 26.2 Å². The summed E-state index contributed by atoms with van der Waals surface area (Å²) in [7, 11) is 0. The van der Waals surface area contributed by atoms with Crippen LogP contribution in [-0.2, 0) is 19.2 Å². The highest BCUT2D eigenvalue weighted by molar-refractivity contribution is 6.02. The summed E-state index contributed by atoms with van der Waals surface area (Å²) >= 11 is 0. The Hall–Kier alpha value is -3.05. The highest BCUT2D eigenvalue weighted by atomic mass is 16.2. The van der Waals surface area contributed by atoms with Crippen LogP contribution in [0.2, 0.25) is 0 Å². The van der Waals surface area contributed by atoms with E-state index in [1.165, 1.54) is 5.57 Å². The average molecular weight is 554 g/mol. The van der Waals surface area contributed by atoms with Crippen molar-refractivity contribution in [2.75, 3.05) is 32.7 Å². The minimum atomic E-state index is -0.572. The van der Waals surface area contributed by atoms with Crippen molar-refractivity contribution in [3.05, 3.63) is 23.8 Å². The number of imide groups is 1. The molecule has 11 heteroatoms. The lowest BCUT2D eigenvalue weighted by Gasteiger charge is -2.38. The number of amides is 4. The number of carbonyl (C=O) groups is 4. The molecule has 4 fully saturated rings. The molecule has 0 aromatic heterocycles. The van der Waals surface area contributed by atoms with Gasteiger partial charge in [-0.25, -0.2) is 0 Å². The Morgan fingerprint density at radius 2 is 1.93 bits per heavy atom. The summed E-state index contributed by atoms with van der Waals surface area (Å²) in [6, 6.07) is 0.000508. The molecule has 6 N–H and O–H groups in total. The summed E-state index contributed by atoms with van der Waals surface area (Å²) in [6.07, 6.45) is 12.4. The van der Waals surface area contributed by atoms with Crippen LogP contribution < -0.4 is 21.7 Å². The number of likely N-dealkylation sites (tertiary alicyclic amines) is 2. The van der Waals surface area contributed by atoms with Gasteiger partial charge in [0.15, 0.2) is 0 Å². The molecular formula is C29H43N7O4. The van der Waals surface area contributed by atoms with Gasteiger partial charge in [-0.1, -0.05) is 23.8 Å². The van der Waals surface area contributed by atoms with E-state index in [-0.39, 0.29) is 59.7 Å². The van der Waals surface area contributed by atoms with Gasteiger partial charge in [-0.15, -0.1) is 0 Å². The van der Waals surface area contributed by atoms with Crippen molar-refractivity contribution in [3.8, 4) is 0 Å². The Balaban J connectivity index is 1.03. The lowest BCUT2D eigenvalue weighted by Crippen LogP contribution is -2.56. The van der Waals surface area contributed by atoms with E-state index in [1.54, 1.807) is 4.90 Å². The molecule has 5 rings (SSSR count). The molecule has 1 aliphatic carbocycles. The van der Waals surface area contributed by atoms with Gasteiger partial charge in [0.25, 0.3) is 0 Å². The normalized spacial score (nSPS) is 31.1. The van der Waals surface area contributed by atoms with Crippen molar-refractivity contribution >= 4 is 29.5 Å². The summed E-state index contributed by atoms with van der Waals surface area (Å²) in [5.74, 6) is -0.418. The van der Waals surface area contributed by atoms with E-state index in [4.69, 9.17) is 11.1 Å². The van der Waals surface area contributed by atoms with Crippen molar-refractivity contribution in [3.63, 3.8) is 0 Å². The molecule has 4 saturated heterocycles. The molecule has 0 radical (unpaired) electrons. The number of amidine groups is 1. The molecule has 4 aliphatic heterocycles. The van der Waals surface area contributed by atoms with Crippen LogP contribution in [0, 0.1) is 23.2 Å². The summed E-state index contributed by atoms with van der Waals surface area (Å²) < 4.78 is 0. The first kappa shape index (κ1) is 28.5. The number of hydrogen-bond donors (Lipinski definition) is 5. The summed E-state index contributed by atoms with van der Waals surface area (Å²) in [5, 5.41) is 17.3. The van der Waals surface area contributed by atoms with Crippen LogP contribution in [0.1, 0.15) is 57.8 Å². The molecule has 0 aromatic rings. The van der Waals surface area contributed by atoms with Crippen LogP contribution in [-0.4, -0.2) is 90.1 Å². The number of piperidine rings is 3. The van der Waals surface area contributed by atoms with Crippen LogP contribution in [0.3, 0.4) is 0 Å². The number of allylic oxidation sites excluding steroid dienone is 2. The second-order valence-corrected chi connectivity index (χ2v) is 11.9. The van der Waals surface area contributed by atoms with E-state index in [9.17, 15) is 19.2 Å². The molecule has 5 atom stereocenters. The number of nitrogens with two attached hydrogens (primary N) is 1. The third kappa shape index (κ3) is 6.30. The lowest BCUT2D eigenvalue weighted by atomic mass is 9.82. The van der Waals surface area contributed by atoms with E-state index in [2.05, 4.69) is 22.0 Å². The van der Waals surface area contributed by atoms with E-state index < -0.39 is 6.04 Å². The predicted octanol–water partition coefficient (Wildman–Crippen LogP) is 0.417. The number of rotatable bonds is 9. The minimum Gasteiger partial charge on any atom is -0.387 e. The number of nitrogens with one attached hydrogen (secondary N) is 4. The van der Waals surface area contributed by atoms with E-state index >= 15 is 0 Å². The third-order valence-corrected chi connectivity index (χ3v) is 9.37. The summed E-state index contributed by atoms with van der Waals surface area (Å²) in [6.45, 7) is 3.68. The largest absolute Gasteiger partial charge is 0.387 e. The Labute approximate surface area is 235 Å². The standard InChI is InChI=1S/C29H43N7O4/c30-27(31)21-16-32-13-10-23(21)33-19-11-14-35(15-12-19)26(38)7-2-1-4-18-5-3-6-20-22(18)17-36(29(20)40)24-8-9-25(37)34-28(24)39/h3,5-6,19-24,32-33H,1-2,4,7-17H2,(H3,30,31)(H,34,37,39). The number of hydrogen-bond acceptors (Lipinski definition) is 7. The van der Waals surface area contributed by atoms with Crippen molar-refractivity contribution in [2.24, 2.45) is 23.5 Å². The topological polar surface area (TPSA) is 161 Å². The molecule has 5 unspecified atom stereocenters. The van der Waals surface area contributed by atoms with E-state index in [1.807, 2.05) is 17.1 Å². The van der Waals surface area contributed by atoms with Gasteiger partial charge in [0, 0.05) is 62.9 Å². The van der Waals surface area contributed by atoms with E-state index in [0.717, 1.165) is 64.7 Å². The Kier molecular flexibility index (Phi) is 9.00. The van der Waals surface area contributed by atoms with Gasteiger partial charge in [0.05, 0.1) is 11.8 Å². The minimum absolute atomic E-state index is 0.0290. The molecule has 4 amide bonds. The van der Waals surface area contributed by atoms with Crippen LogP contribution in [0.5, 0.6) is 0 Å². The SMILES string of the molecule is N=C(N)C1CNCCC1NC1CCN(C(=O)CCCCC2=CC=CC3C(=O)N(C4CCC(=O)NC4=O)CC23)CC1. The zero-order valence-corrected chi connectivity index (χ0v) is 23.2. The molecule has 5 aliphatic rings. The zero-order valence-electron chi connectivity index (χ0n) is 23.2. The van der Waals surface area contributed by atoms with Gasteiger partial charge in [0.1, 0.15) is 6.04 Å². The maximum absolute atomic E-state index is 13.1. The lowest BCUT2D eigenvalue weighted by molar-refractivity contribution is -0.144. The average Bonchev–Trinajstić information content (AvgIpc) is 3.28.